The van der Waals surface area contributed by atoms with Crippen LogP contribution in [0, 0.1) is 0 Å². The Kier molecular flexibility index (Phi) is 7.29. The van der Waals surface area contributed by atoms with Crippen molar-refractivity contribution in [1.29, 1.82) is 0 Å². The second-order valence-corrected chi connectivity index (χ2v) is 4.93. The molecule has 0 aliphatic carbocycles. The molecule has 4 heteroatoms. The molecular formula is C14H20Cl2O2. The van der Waals surface area contributed by atoms with E-state index in [1.54, 1.807) is 12.1 Å². The molecule has 1 rings (SSSR count). The van der Waals surface area contributed by atoms with Crippen molar-refractivity contribution < 1.29 is 9.47 Å². The minimum Gasteiger partial charge on any atom is -0.492 e. The van der Waals surface area contributed by atoms with Crippen molar-refractivity contribution in [1.82, 2.24) is 0 Å². The molecule has 0 atom stereocenters. The van der Waals surface area contributed by atoms with Gasteiger partial charge in [0.05, 0.1) is 23.3 Å². The average Bonchev–Trinajstić information content (AvgIpc) is 2.35. The number of hydrogen-bond acceptors (Lipinski definition) is 2. The lowest BCUT2D eigenvalue weighted by atomic mass is 10.3. The van der Waals surface area contributed by atoms with Gasteiger partial charge < -0.3 is 9.47 Å². The van der Waals surface area contributed by atoms with Crippen molar-refractivity contribution in [2.75, 3.05) is 13.2 Å². The van der Waals surface area contributed by atoms with Crippen molar-refractivity contribution >= 4 is 23.2 Å². The molecule has 0 aliphatic rings. The summed E-state index contributed by atoms with van der Waals surface area (Å²) in [5, 5.41) is 1.09. The van der Waals surface area contributed by atoms with Gasteiger partial charge in [0.25, 0.3) is 0 Å². The van der Waals surface area contributed by atoms with E-state index in [2.05, 4.69) is 13.8 Å². The van der Waals surface area contributed by atoms with E-state index in [0.29, 0.717) is 34.8 Å². The Morgan fingerprint density at radius 3 is 1.56 bits per heavy atom. The lowest BCUT2D eigenvalue weighted by Crippen LogP contribution is -2.00. The quantitative estimate of drug-likeness (QED) is 0.601. The van der Waals surface area contributed by atoms with E-state index in [9.17, 15) is 0 Å². The van der Waals surface area contributed by atoms with E-state index in [1.807, 2.05) is 0 Å². The molecular weight excluding hydrogens is 271 g/mol. The predicted molar refractivity (Wildman–Crippen MR) is 77.3 cm³/mol. The second-order valence-electron chi connectivity index (χ2n) is 4.12. The van der Waals surface area contributed by atoms with E-state index in [0.717, 1.165) is 25.7 Å². The number of halogens is 2. The Morgan fingerprint density at radius 2 is 1.22 bits per heavy atom. The molecule has 0 amide bonds. The van der Waals surface area contributed by atoms with Crippen LogP contribution in [0.15, 0.2) is 12.1 Å². The number of unbranched alkanes of at least 4 members (excludes halogenated alkanes) is 2. The molecule has 0 spiro atoms. The van der Waals surface area contributed by atoms with Crippen LogP contribution in [0.4, 0.5) is 0 Å². The van der Waals surface area contributed by atoms with Crippen LogP contribution in [0.2, 0.25) is 10.0 Å². The maximum absolute atomic E-state index is 6.13. The van der Waals surface area contributed by atoms with Gasteiger partial charge in [-0.1, -0.05) is 49.9 Å². The van der Waals surface area contributed by atoms with Crippen LogP contribution in [0.1, 0.15) is 39.5 Å². The molecule has 18 heavy (non-hydrogen) atoms. The Morgan fingerprint density at radius 1 is 0.833 bits per heavy atom. The maximum atomic E-state index is 6.13. The molecule has 0 saturated carbocycles. The molecule has 0 fully saturated rings. The largest absolute Gasteiger partial charge is 0.492 e. The highest BCUT2D eigenvalue weighted by atomic mass is 35.5. The van der Waals surface area contributed by atoms with Crippen LogP contribution in [-0.4, -0.2) is 13.2 Å². The molecule has 0 heterocycles. The topological polar surface area (TPSA) is 18.5 Å². The minimum atomic E-state index is 0.544. The van der Waals surface area contributed by atoms with E-state index in [4.69, 9.17) is 32.7 Å². The summed E-state index contributed by atoms with van der Waals surface area (Å²) in [6.45, 7) is 5.54. The van der Waals surface area contributed by atoms with Crippen molar-refractivity contribution in [2.24, 2.45) is 0 Å². The summed E-state index contributed by atoms with van der Waals surface area (Å²) in [7, 11) is 0. The van der Waals surface area contributed by atoms with Crippen molar-refractivity contribution in [3.8, 4) is 11.5 Å². The van der Waals surface area contributed by atoms with Crippen LogP contribution >= 0.6 is 23.2 Å². The van der Waals surface area contributed by atoms with Crippen molar-refractivity contribution in [2.45, 2.75) is 39.5 Å². The fourth-order valence-electron chi connectivity index (χ4n) is 1.38. The lowest BCUT2D eigenvalue weighted by Gasteiger charge is -2.12. The fourth-order valence-corrected chi connectivity index (χ4v) is 1.80. The first-order valence-electron chi connectivity index (χ1n) is 6.43. The zero-order valence-electron chi connectivity index (χ0n) is 11.0. The standard InChI is InChI=1S/C14H20Cl2O2/c1-3-5-7-17-13-9-12(16)14(10-11(13)15)18-8-6-4-2/h9-10H,3-8H2,1-2H3. The van der Waals surface area contributed by atoms with Crippen molar-refractivity contribution in [3.05, 3.63) is 22.2 Å². The van der Waals surface area contributed by atoms with Crippen LogP contribution in [0.25, 0.3) is 0 Å². The molecule has 0 N–H and O–H groups in total. The highest BCUT2D eigenvalue weighted by molar-refractivity contribution is 6.35. The van der Waals surface area contributed by atoms with Gasteiger partial charge >= 0.3 is 0 Å². The maximum Gasteiger partial charge on any atom is 0.139 e. The van der Waals surface area contributed by atoms with Gasteiger partial charge in [0.1, 0.15) is 11.5 Å². The summed E-state index contributed by atoms with van der Waals surface area (Å²) in [6.07, 6.45) is 4.18. The van der Waals surface area contributed by atoms with Gasteiger partial charge in [0, 0.05) is 12.1 Å². The summed E-state index contributed by atoms with van der Waals surface area (Å²) < 4.78 is 11.1. The van der Waals surface area contributed by atoms with Gasteiger partial charge in [-0.15, -0.1) is 0 Å². The van der Waals surface area contributed by atoms with Gasteiger partial charge in [0.2, 0.25) is 0 Å². The number of ether oxygens (including phenoxy) is 2. The summed E-state index contributed by atoms with van der Waals surface area (Å²) in [6, 6.07) is 3.45. The zero-order chi connectivity index (χ0) is 13.4. The molecule has 0 saturated heterocycles. The third kappa shape index (κ3) is 4.95. The van der Waals surface area contributed by atoms with Gasteiger partial charge in [-0.25, -0.2) is 0 Å². The first-order chi connectivity index (χ1) is 8.69. The normalized spacial score (nSPS) is 10.4. The van der Waals surface area contributed by atoms with E-state index in [-0.39, 0.29) is 0 Å². The minimum absolute atomic E-state index is 0.544. The molecule has 0 bridgehead atoms. The van der Waals surface area contributed by atoms with Gasteiger partial charge in [0.15, 0.2) is 0 Å². The number of benzene rings is 1. The van der Waals surface area contributed by atoms with Crippen LogP contribution < -0.4 is 9.47 Å². The third-order valence-corrected chi connectivity index (χ3v) is 3.09. The fraction of sp³-hybridized carbons (Fsp3) is 0.571. The first-order valence-corrected chi connectivity index (χ1v) is 7.19. The highest BCUT2D eigenvalue weighted by Crippen LogP contribution is 2.35. The van der Waals surface area contributed by atoms with Crippen LogP contribution in [0.5, 0.6) is 11.5 Å². The molecule has 102 valence electrons. The molecule has 1 aromatic carbocycles. The Labute approximate surface area is 119 Å². The van der Waals surface area contributed by atoms with Crippen molar-refractivity contribution in [3.63, 3.8) is 0 Å². The third-order valence-electron chi connectivity index (χ3n) is 2.50. The monoisotopic (exact) mass is 290 g/mol. The Balaban J connectivity index is 2.64. The number of rotatable bonds is 8. The van der Waals surface area contributed by atoms with E-state index >= 15 is 0 Å². The molecule has 2 nitrogen and oxygen atoms in total. The molecule has 0 unspecified atom stereocenters. The summed E-state index contributed by atoms with van der Waals surface area (Å²) in [5.41, 5.74) is 0. The average molecular weight is 291 g/mol. The lowest BCUT2D eigenvalue weighted by molar-refractivity contribution is 0.301. The Bertz CT molecular complexity index is 331. The molecule has 0 aromatic heterocycles. The van der Waals surface area contributed by atoms with E-state index in [1.165, 1.54) is 0 Å². The number of hydrogen-bond donors (Lipinski definition) is 0. The van der Waals surface area contributed by atoms with Gasteiger partial charge in [-0.05, 0) is 12.8 Å². The summed E-state index contributed by atoms with van der Waals surface area (Å²) in [5.74, 6) is 1.25. The van der Waals surface area contributed by atoms with Crippen LogP contribution in [0.3, 0.4) is 0 Å². The second kappa shape index (κ2) is 8.49. The van der Waals surface area contributed by atoms with Crippen LogP contribution in [-0.2, 0) is 0 Å². The molecule has 0 radical (unpaired) electrons. The molecule has 0 aliphatic heterocycles. The summed E-state index contributed by atoms with van der Waals surface area (Å²) in [4.78, 5) is 0. The summed E-state index contributed by atoms with van der Waals surface area (Å²) >= 11 is 12.3. The van der Waals surface area contributed by atoms with Gasteiger partial charge in [-0.3, -0.25) is 0 Å². The SMILES string of the molecule is CCCCOc1cc(Cl)c(OCCCC)cc1Cl. The first kappa shape index (κ1) is 15.5. The predicted octanol–water partition coefficient (Wildman–Crippen LogP) is 5.35. The Hall–Kier alpha value is -0.600. The zero-order valence-corrected chi connectivity index (χ0v) is 12.5. The smallest absolute Gasteiger partial charge is 0.139 e. The highest BCUT2D eigenvalue weighted by Gasteiger charge is 2.09. The van der Waals surface area contributed by atoms with Gasteiger partial charge in [-0.2, -0.15) is 0 Å². The van der Waals surface area contributed by atoms with E-state index < -0.39 is 0 Å². The molecule has 1 aromatic rings.